The normalized spacial score (nSPS) is 10.6. The highest BCUT2D eigenvalue weighted by molar-refractivity contribution is 5.52. The molecule has 0 unspecified atom stereocenters. The SMILES string of the molecule is Cc1ccc(F)c(CNc2ccnc(Nc3cn[nH]c3)n2)c1F. The fraction of sp³-hybridized carbons (Fsp3) is 0.133. The summed E-state index contributed by atoms with van der Waals surface area (Å²) in [5.74, 6) is -0.345. The monoisotopic (exact) mass is 316 g/mol. The minimum absolute atomic E-state index is 0.0124. The Bertz CT molecular complexity index is 804. The lowest BCUT2D eigenvalue weighted by molar-refractivity contribution is 0.554. The molecule has 0 amide bonds. The van der Waals surface area contributed by atoms with Gasteiger partial charge in [-0.3, -0.25) is 5.10 Å². The number of aromatic nitrogens is 4. The van der Waals surface area contributed by atoms with E-state index in [1.807, 2.05) is 0 Å². The van der Waals surface area contributed by atoms with Gasteiger partial charge in [0.25, 0.3) is 0 Å². The van der Waals surface area contributed by atoms with Gasteiger partial charge in [0.05, 0.1) is 11.9 Å². The molecule has 23 heavy (non-hydrogen) atoms. The highest BCUT2D eigenvalue weighted by atomic mass is 19.1. The van der Waals surface area contributed by atoms with Crippen LogP contribution in [0.3, 0.4) is 0 Å². The molecular weight excluding hydrogens is 302 g/mol. The van der Waals surface area contributed by atoms with E-state index in [0.29, 0.717) is 23.0 Å². The van der Waals surface area contributed by atoms with Crippen molar-refractivity contribution in [1.29, 1.82) is 0 Å². The number of aryl methyl sites for hydroxylation is 1. The largest absolute Gasteiger partial charge is 0.366 e. The van der Waals surface area contributed by atoms with Crippen LogP contribution >= 0.6 is 0 Å². The van der Waals surface area contributed by atoms with Crippen LogP contribution in [-0.4, -0.2) is 20.2 Å². The fourth-order valence-corrected chi connectivity index (χ4v) is 2.02. The van der Waals surface area contributed by atoms with Crippen LogP contribution in [0, 0.1) is 18.6 Å². The molecule has 0 aliphatic heterocycles. The van der Waals surface area contributed by atoms with Gasteiger partial charge in [-0.05, 0) is 24.6 Å². The number of aromatic amines is 1. The maximum atomic E-state index is 14.0. The zero-order valence-electron chi connectivity index (χ0n) is 12.3. The number of benzene rings is 1. The second kappa shape index (κ2) is 6.39. The number of hydrogen-bond acceptors (Lipinski definition) is 5. The highest BCUT2D eigenvalue weighted by Gasteiger charge is 2.11. The van der Waals surface area contributed by atoms with Crippen molar-refractivity contribution in [2.45, 2.75) is 13.5 Å². The Hall–Kier alpha value is -3.03. The van der Waals surface area contributed by atoms with E-state index < -0.39 is 11.6 Å². The van der Waals surface area contributed by atoms with Gasteiger partial charge < -0.3 is 10.6 Å². The van der Waals surface area contributed by atoms with Crippen LogP contribution in [0.1, 0.15) is 11.1 Å². The second-order valence-electron chi connectivity index (χ2n) is 4.89. The molecule has 0 atom stereocenters. The van der Waals surface area contributed by atoms with Gasteiger partial charge in [0.1, 0.15) is 17.5 Å². The van der Waals surface area contributed by atoms with E-state index in [1.54, 1.807) is 31.6 Å². The fourth-order valence-electron chi connectivity index (χ4n) is 2.02. The van der Waals surface area contributed by atoms with Crippen molar-refractivity contribution in [1.82, 2.24) is 20.2 Å². The molecular formula is C15H14F2N6. The molecule has 0 saturated carbocycles. The number of nitrogens with one attached hydrogen (secondary N) is 3. The van der Waals surface area contributed by atoms with Gasteiger partial charge in [-0.25, -0.2) is 13.8 Å². The van der Waals surface area contributed by atoms with Crippen LogP contribution in [0.2, 0.25) is 0 Å². The first kappa shape index (κ1) is 14.9. The van der Waals surface area contributed by atoms with Gasteiger partial charge in [-0.1, -0.05) is 6.07 Å². The topological polar surface area (TPSA) is 78.5 Å². The van der Waals surface area contributed by atoms with Crippen LogP contribution in [0.4, 0.5) is 26.2 Å². The van der Waals surface area contributed by atoms with E-state index in [2.05, 4.69) is 30.8 Å². The summed E-state index contributed by atoms with van der Waals surface area (Å²) in [5.41, 5.74) is 1.08. The standard InChI is InChI=1S/C15H14F2N6/c1-9-2-3-12(16)11(14(9)17)8-19-13-4-5-18-15(23-13)22-10-6-20-21-7-10/h2-7H,8H2,1H3,(H,20,21)(H2,18,19,22,23). The minimum atomic E-state index is -0.591. The van der Waals surface area contributed by atoms with E-state index in [4.69, 9.17) is 0 Å². The molecule has 2 heterocycles. The van der Waals surface area contributed by atoms with Crippen molar-refractivity contribution in [3.8, 4) is 0 Å². The van der Waals surface area contributed by atoms with E-state index in [0.717, 1.165) is 0 Å². The summed E-state index contributed by atoms with van der Waals surface area (Å²) in [7, 11) is 0. The smallest absolute Gasteiger partial charge is 0.229 e. The average molecular weight is 316 g/mol. The predicted octanol–water partition coefficient (Wildman–Crippen LogP) is 3.14. The molecule has 1 aromatic carbocycles. The maximum absolute atomic E-state index is 14.0. The van der Waals surface area contributed by atoms with E-state index >= 15 is 0 Å². The van der Waals surface area contributed by atoms with Crippen molar-refractivity contribution in [3.05, 3.63) is 59.6 Å². The van der Waals surface area contributed by atoms with Gasteiger partial charge in [0.15, 0.2) is 0 Å². The summed E-state index contributed by atoms with van der Waals surface area (Å²) < 4.78 is 27.7. The van der Waals surface area contributed by atoms with Crippen molar-refractivity contribution < 1.29 is 8.78 Å². The van der Waals surface area contributed by atoms with E-state index in [-0.39, 0.29) is 12.1 Å². The Morgan fingerprint density at radius 2 is 2.09 bits per heavy atom. The maximum Gasteiger partial charge on any atom is 0.229 e. The quantitative estimate of drug-likeness (QED) is 0.674. The summed E-state index contributed by atoms with van der Waals surface area (Å²) in [6.45, 7) is 1.58. The summed E-state index contributed by atoms with van der Waals surface area (Å²) >= 11 is 0. The molecule has 0 aliphatic carbocycles. The Morgan fingerprint density at radius 3 is 2.87 bits per heavy atom. The molecule has 3 rings (SSSR count). The third kappa shape index (κ3) is 3.42. The minimum Gasteiger partial charge on any atom is -0.366 e. The van der Waals surface area contributed by atoms with Gasteiger partial charge >= 0.3 is 0 Å². The Balaban J connectivity index is 1.73. The predicted molar refractivity (Wildman–Crippen MR) is 82.3 cm³/mol. The van der Waals surface area contributed by atoms with Crippen molar-refractivity contribution in [2.75, 3.05) is 10.6 Å². The first-order valence-corrected chi connectivity index (χ1v) is 6.89. The summed E-state index contributed by atoms with van der Waals surface area (Å²) in [4.78, 5) is 8.29. The first-order chi connectivity index (χ1) is 11.1. The van der Waals surface area contributed by atoms with Gasteiger partial charge in [-0.2, -0.15) is 10.1 Å². The van der Waals surface area contributed by atoms with Crippen LogP contribution in [-0.2, 0) is 6.54 Å². The molecule has 0 aliphatic rings. The highest BCUT2D eigenvalue weighted by Crippen LogP contribution is 2.18. The van der Waals surface area contributed by atoms with Crippen LogP contribution in [0.5, 0.6) is 0 Å². The average Bonchev–Trinajstić information content (AvgIpc) is 3.04. The molecule has 6 nitrogen and oxygen atoms in total. The van der Waals surface area contributed by atoms with Crippen LogP contribution in [0.15, 0.2) is 36.8 Å². The second-order valence-corrected chi connectivity index (χ2v) is 4.89. The van der Waals surface area contributed by atoms with Gasteiger partial charge in [-0.15, -0.1) is 0 Å². The van der Waals surface area contributed by atoms with Gasteiger partial charge in [0.2, 0.25) is 5.95 Å². The first-order valence-electron chi connectivity index (χ1n) is 6.89. The molecule has 8 heteroatoms. The molecule has 0 fully saturated rings. The van der Waals surface area contributed by atoms with E-state index in [9.17, 15) is 8.78 Å². The summed E-state index contributed by atoms with van der Waals surface area (Å²) in [6, 6.07) is 4.28. The number of halogens is 2. The number of nitrogens with zero attached hydrogens (tertiary/aromatic N) is 3. The van der Waals surface area contributed by atoms with E-state index in [1.165, 1.54) is 12.1 Å². The Kier molecular flexibility index (Phi) is 4.13. The molecule has 0 bridgehead atoms. The Morgan fingerprint density at radius 1 is 1.22 bits per heavy atom. The Labute approximate surface area is 131 Å². The van der Waals surface area contributed by atoms with Crippen LogP contribution < -0.4 is 10.6 Å². The number of H-pyrrole nitrogens is 1. The number of anilines is 3. The summed E-state index contributed by atoms with van der Waals surface area (Å²) in [6.07, 6.45) is 4.78. The van der Waals surface area contributed by atoms with Gasteiger partial charge in [0, 0.05) is 24.5 Å². The lowest BCUT2D eigenvalue weighted by atomic mass is 10.1. The van der Waals surface area contributed by atoms with Crippen LogP contribution in [0.25, 0.3) is 0 Å². The summed E-state index contributed by atoms with van der Waals surface area (Å²) in [5, 5.41) is 12.3. The molecule has 0 radical (unpaired) electrons. The number of hydrogen-bond donors (Lipinski definition) is 3. The van der Waals surface area contributed by atoms with Crippen molar-refractivity contribution in [2.24, 2.45) is 0 Å². The third-order valence-electron chi connectivity index (χ3n) is 3.24. The van der Waals surface area contributed by atoms with Crippen molar-refractivity contribution >= 4 is 17.5 Å². The lowest BCUT2D eigenvalue weighted by Crippen LogP contribution is -2.08. The zero-order valence-corrected chi connectivity index (χ0v) is 12.3. The lowest BCUT2D eigenvalue weighted by Gasteiger charge is -2.10. The number of rotatable bonds is 5. The molecule has 3 N–H and O–H groups in total. The molecule has 0 saturated heterocycles. The molecule has 2 aromatic heterocycles. The molecule has 118 valence electrons. The third-order valence-corrected chi connectivity index (χ3v) is 3.24. The molecule has 3 aromatic rings. The van der Waals surface area contributed by atoms with Crippen molar-refractivity contribution in [3.63, 3.8) is 0 Å². The zero-order chi connectivity index (χ0) is 16.2. The molecule has 0 spiro atoms.